The molecule has 0 bridgehead atoms. The smallest absolute Gasteiger partial charge is 0.237 e. The van der Waals surface area contributed by atoms with E-state index in [2.05, 4.69) is 31.3 Å². The lowest BCUT2D eigenvalue weighted by Crippen LogP contribution is -2.37. The minimum atomic E-state index is -0.0518. The van der Waals surface area contributed by atoms with Gasteiger partial charge < -0.3 is 10.2 Å². The summed E-state index contributed by atoms with van der Waals surface area (Å²) in [5, 5.41) is 3.08. The highest BCUT2D eigenvalue weighted by Crippen LogP contribution is 2.35. The van der Waals surface area contributed by atoms with Crippen molar-refractivity contribution in [1.82, 2.24) is 0 Å². The highest BCUT2D eigenvalue weighted by atomic mass is 32.2. The van der Waals surface area contributed by atoms with Crippen molar-refractivity contribution >= 4 is 35.0 Å². The molecule has 0 saturated carbocycles. The van der Waals surface area contributed by atoms with Crippen LogP contribution in [-0.4, -0.2) is 24.1 Å². The largest absolute Gasteiger partial charge is 0.326 e. The number of benzene rings is 2. The van der Waals surface area contributed by atoms with Crippen LogP contribution in [0.15, 0.2) is 47.4 Å². The van der Waals surface area contributed by atoms with Crippen LogP contribution in [0.25, 0.3) is 0 Å². The second kappa shape index (κ2) is 8.41. The Morgan fingerprint density at radius 1 is 1.08 bits per heavy atom. The van der Waals surface area contributed by atoms with Gasteiger partial charge in [-0.1, -0.05) is 44.2 Å². The molecular weight excluding hydrogens is 344 g/mol. The van der Waals surface area contributed by atoms with E-state index in [-0.39, 0.29) is 18.2 Å². The fourth-order valence-electron chi connectivity index (χ4n) is 3.22. The van der Waals surface area contributed by atoms with E-state index in [1.165, 1.54) is 0 Å². The number of thioether (sulfide) groups is 1. The third-order valence-corrected chi connectivity index (χ3v) is 5.68. The molecule has 0 spiro atoms. The van der Waals surface area contributed by atoms with E-state index < -0.39 is 0 Å². The number of carbonyl (C=O) groups excluding carboxylic acids is 2. The van der Waals surface area contributed by atoms with Gasteiger partial charge in [0.2, 0.25) is 11.8 Å². The van der Waals surface area contributed by atoms with Crippen molar-refractivity contribution in [2.24, 2.45) is 0 Å². The van der Waals surface area contributed by atoms with Crippen LogP contribution in [0.4, 0.5) is 11.4 Å². The highest BCUT2D eigenvalue weighted by Gasteiger charge is 2.24. The van der Waals surface area contributed by atoms with Crippen LogP contribution in [0.3, 0.4) is 0 Å². The molecule has 136 valence electrons. The van der Waals surface area contributed by atoms with Crippen LogP contribution in [0.2, 0.25) is 0 Å². The molecule has 2 amide bonds. The molecule has 1 N–H and O–H groups in total. The van der Waals surface area contributed by atoms with Crippen molar-refractivity contribution in [2.75, 3.05) is 22.5 Å². The van der Waals surface area contributed by atoms with E-state index >= 15 is 0 Å². The summed E-state index contributed by atoms with van der Waals surface area (Å²) in [4.78, 5) is 27.7. The monoisotopic (exact) mass is 368 g/mol. The maximum Gasteiger partial charge on any atom is 0.237 e. The van der Waals surface area contributed by atoms with E-state index in [9.17, 15) is 9.59 Å². The zero-order chi connectivity index (χ0) is 18.5. The fourth-order valence-corrected chi connectivity index (χ4v) is 4.15. The minimum absolute atomic E-state index is 0.0518. The third kappa shape index (κ3) is 3.93. The summed E-state index contributed by atoms with van der Waals surface area (Å²) in [5.74, 6) is 0.436. The van der Waals surface area contributed by atoms with Crippen molar-refractivity contribution < 1.29 is 9.59 Å². The van der Waals surface area contributed by atoms with E-state index in [1.54, 1.807) is 16.7 Å². The quantitative estimate of drug-likeness (QED) is 0.828. The van der Waals surface area contributed by atoms with Crippen LogP contribution in [0.5, 0.6) is 0 Å². The summed E-state index contributed by atoms with van der Waals surface area (Å²) in [5.41, 5.74) is 4.13. The molecule has 0 fully saturated rings. The number of nitrogens with one attached hydrogen (secondary N) is 1. The van der Waals surface area contributed by atoms with Crippen LogP contribution >= 0.6 is 11.8 Å². The number of hydrogen-bond acceptors (Lipinski definition) is 3. The average molecular weight is 369 g/mol. The highest BCUT2D eigenvalue weighted by molar-refractivity contribution is 8.00. The van der Waals surface area contributed by atoms with E-state index in [0.29, 0.717) is 12.3 Å². The molecule has 2 aromatic rings. The molecule has 0 atom stereocenters. The number of amides is 2. The first-order chi connectivity index (χ1) is 12.6. The summed E-state index contributed by atoms with van der Waals surface area (Å²) >= 11 is 1.56. The Morgan fingerprint density at radius 2 is 1.77 bits per heavy atom. The minimum Gasteiger partial charge on any atom is -0.326 e. The number of aryl methyl sites for hydroxylation is 2. The number of rotatable bonds is 6. The SMILES string of the molecule is CCc1cccc(CC)c1NC(=O)CCN1C(=O)CSc2ccccc21. The number of hydrogen-bond donors (Lipinski definition) is 1. The molecule has 1 aliphatic rings. The Labute approximate surface area is 159 Å². The molecular formula is C21H24N2O2S. The molecule has 0 aromatic heterocycles. The molecule has 1 heterocycles. The van der Waals surface area contributed by atoms with Crippen LogP contribution < -0.4 is 10.2 Å². The van der Waals surface area contributed by atoms with E-state index in [4.69, 9.17) is 0 Å². The van der Waals surface area contributed by atoms with Crippen LogP contribution in [-0.2, 0) is 22.4 Å². The summed E-state index contributed by atoms with van der Waals surface area (Å²) < 4.78 is 0. The summed E-state index contributed by atoms with van der Waals surface area (Å²) in [6.45, 7) is 4.58. The lowest BCUT2D eigenvalue weighted by atomic mass is 10.0. The van der Waals surface area contributed by atoms with E-state index in [0.717, 1.165) is 40.2 Å². The van der Waals surface area contributed by atoms with Crippen LogP contribution in [0, 0.1) is 0 Å². The van der Waals surface area contributed by atoms with Gasteiger partial charge in [0.15, 0.2) is 0 Å². The van der Waals surface area contributed by atoms with Gasteiger partial charge in [-0.15, -0.1) is 11.8 Å². The van der Waals surface area contributed by atoms with Crippen molar-refractivity contribution in [3.8, 4) is 0 Å². The molecule has 5 heteroatoms. The Balaban J connectivity index is 1.70. The van der Waals surface area contributed by atoms with E-state index in [1.807, 2.05) is 30.3 Å². The second-order valence-electron chi connectivity index (χ2n) is 6.26. The summed E-state index contributed by atoms with van der Waals surface area (Å²) in [6.07, 6.45) is 2.03. The Morgan fingerprint density at radius 3 is 2.46 bits per heavy atom. The van der Waals surface area contributed by atoms with Gasteiger partial charge in [-0.05, 0) is 36.1 Å². The first kappa shape index (κ1) is 18.5. The Hall–Kier alpha value is -2.27. The van der Waals surface area contributed by atoms with Crippen molar-refractivity contribution in [3.63, 3.8) is 0 Å². The number of nitrogens with zero attached hydrogens (tertiary/aromatic N) is 1. The van der Waals surface area contributed by atoms with Gasteiger partial charge in [-0.2, -0.15) is 0 Å². The first-order valence-electron chi connectivity index (χ1n) is 9.06. The molecule has 26 heavy (non-hydrogen) atoms. The Bertz CT molecular complexity index is 797. The van der Waals surface area contributed by atoms with Crippen LogP contribution in [0.1, 0.15) is 31.4 Å². The van der Waals surface area contributed by atoms with Crippen molar-refractivity contribution in [1.29, 1.82) is 0 Å². The third-order valence-electron chi connectivity index (χ3n) is 4.63. The molecule has 0 aliphatic carbocycles. The number of fused-ring (bicyclic) bond motifs is 1. The Kier molecular flexibility index (Phi) is 5.99. The van der Waals surface area contributed by atoms with Gasteiger partial charge >= 0.3 is 0 Å². The molecule has 2 aromatic carbocycles. The fraction of sp³-hybridized carbons (Fsp3) is 0.333. The molecule has 1 aliphatic heterocycles. The van der Waals surface area contributed by atoms with Gasteiger partial charge in [-0.3, -0.25) is 9.59 Å². The number of anilines is 2. The number of para-hydroxylation sites is 2. The van der Waals surface area contributed by atoms with Gasteiger partial charge in [0, 0.05) is 23.5 Å². The normalized spacial score (nSPS) is 13.5. The van der Waals surface area contributed by atoms with Gasteiger partial charge in [-0.25, -0.2) is 0 Å². The van der Waals surface area contributed by atoms with Gasteiger partial charge in [0.1, 0.15) is 0 Å². The average Bonchev–Trinajstić information content (AvgIpc) is 2.67. The van der Waals surface area contributed by atoms with Crippen molar-refractivity contribution in [2.45, 2.75) is 38.0 Å². The second-order valence-corrected chi connectivity index (χ2v) is 7.28. The summed E-state index contributed by atoms with van der Waals surface area (Å²) in [7, 11) is 0. The zero-order valence-electron chi connectivity index (χ0n) is 15.2. The standard InChI is InChI=1S/C21H24N2O2S/c1-3-15-8-7-9-16(4-2)21(15)22-19(24)12-13-23-17-10-5-6-11-18(17)26-14-20(23)25/h5-11H,3-4,12-14H2,1-2H3,(H,22,24). The van der Waals surface area contributed by atoms with Gasteiger partial charge in [0.05, 0.1) is 11.4 Å². The molecule has 0 radical (unpaired) electrons. The zero-order valence-corrected chi connectivity index (χ0v) is 16.1. The van der Waals surface area contributed by atoms with Gasteiger partial charge in [0.25, 0.3) is 0 Å². The van der Waals surface area contributed by atoms with Crippen molar-refractivity contribution in [3.05, 3.63) is 53.6 Å². The lowest BCUT2D eigenvalue weighted by molar-refractivity contribution is -0.117. The maximum absolute atomic E-state index is 12.6. The predicted molar refractivity (Wildman–Crippen MR) is 108 cm³/mol. The maximum atomic E-state index is 12.6. The topological polar surface area (TPSA) is 49.4 Å². The molecule has 0 unspecified atom stereocenters. The number of carbonyl (C=O) groups is 2. The molecule has 0 saturated heterocycles. The lowest BCUT2D eigenvalue weighted by Gasteiger charge is -2.28. The predicted octanol–water partition coefficient (Wildman–Crippen LogP) is 4.28. The molecule has 3 rings (SSSR count). The molecule has 4 nitrogen and oxygen atoms in total. The summed E-state index contributed by atoms with van der Waals surface area (Å²) in [6, 6.07) is 14.0. The first-order valence-corrected chi connectivity index (χ1v) is 10.0.